The van der Waals surface area contributed by atoms with Gasteiger partial charge in [-0.25, -0.2) is 0 Å². The lowest BCUT2D eigenvalue weighted by atomic mass is 9.53. The third kappa shape index (κ3) is 3.06. The first-order valence-electron chi connectivity index (χ1n) is 7.55. The van der Waals surface area contributed by atoms with Crippen LogP contribution in [0.2, 0.25) is 0 Å². The molecule has 1 aliphatic heterocycles. The fourth-order valence-corrected chi connectivity index (χ4v) is 4.86. The van der Waals surface area contributed by atoms with Crippen LogP contribution in [0.1, 0.15) is 40.0 Å². The van der Waals surface area contributed by atoms with E-state index in [1.807, 2.05) is 25.6 Å². The molecule has 2 atom stereocenters. The van der Waals surface area contributed by atoms with E-state index in [0.717, 1.165) is 24.3 Å². The quantitative estimate of drug-likeness (QED) is 0.420. The highest BCUT2D eigenvalue weighted by Crippen LogP contribution is 2.52. The molecule has 1 aliphatic carbocycles. The van der Waals surface area contributed by atoms with Crippen molar-refractivity contribution in [2.45, 2.75) is 45.6 Å². The molecule has 120 valence electrons. The first-order valence-corrected chi connectivity index (χ1v) is 8.71. The second kappa shape index (κ2) is 6.16. The lowest BCUT2D eigenvalue weighted by Gasteiger charge is -2.52. The molecule has 0 aromatic rings. The summed E-state index contributed by atoms with van der Waals surface area (Å²) in [6.07, 6.45) is 2.37. The summed E-state index contributed by atoms with van der Waals surface area (Å²) in [7, 11) is 0. The number of amides is 1. The molecule has 21 heavy (non-hydrogen) atoms. The van der Waals surface area contributed by atoms with Gasteiger partial charge < -0.3 is 15.6 Å². The molecule has 3 N–H and O–H groups in total. The molecule has 6 heteroatoms. The average Bonchev–Trinajstić information content (AvgIpc) is 2.46. The predicted molar refractivity (Wildman–Crippen MR) is 84.8 cm³/mol. The van der Waals surface area contributed by atoms with Gasteiger partial charge >= 0.3 is 0 Å². The van der Waals surface area contributed by atoms with Crippen molar-refractivity contribution >= 4 is 23.4 Å². The van der Waals surface area contributed by atoms with Crippen molar-refractivity contribution in [2.75, 3.05) is 18.1 Å². The molecular weight excluding hydrogens is 288 g/mol. The number of hydrogen-bond acceptors (Lipinski definition) is 5. The van der Waals surface area contributed by atoms with E-state index < -0.39 is 5.54 Å². The van der Waals surface area contributed by atoms with Crippen LogP contribution in [-0.4, -0.2) is 45.6 Å². The number of aliphatic hydroxyl groups is 1. The summed E-state index contributed by atoms with van der Waals surface area (Å²) in [4.78, 5) is 12.6. The minimum absolute atomic E-state index is 0.00695. The van der Waals surface area contributed by atoms with Crippen molar-refractivity contribution in [3.05, 3.63) is 0 Å². The number of aliphatic hydroxyl groups excluding tert-OH is 1. The third-order valence-corrected chi connectivity index (χ3v) is 6.37. The molecule has 2 fully saturated rings. The van der Waals surface area contributed by atoms with E-state index >= 15 is 0 Å². The zero-order valence-electron chi connectivity index (χ0n) is 13.1. The molecule has 0 aromatic carbocycles. The lowest BCUT2D eigenvalue weighted by Crippen LogP contribution is -2.61. The van der Waals surface area contributed by atoms with Gasteiger partial charge in [0.2, 0.25) is 5.91 Å². The highest BCUT2D eigenvalue weighted by molar-refractivity contribution is 7.99. The summed E-state index contributed by atoms with van der Waals surface area (Å²) in [5.74, 6) is 2.05. The topological polar surface area (TPSA) is 81.9 Å². The zero-order valence-corrected chi connectivity index (χ0v) is 13.9. The fourth-order valence-electron chi connectivity index (χ4n) is 3.58. The largest absolute Gasteiger partial charge is 0.411 e. The second-order valence-electron chi connectivity index (χ2n) is 6.94. The zero-order chi connectivity index (χ0) is 15.7. The number of oxime groups is 1. The van der Waals surface area contributed by atoms with Crippen molar-refractivity contribution < 1.29 is 15.1 Å². The van der Waals surface area contributed by atoms with Crippen LogP contribution in [0.25, 0.3) is 0 Å². The Balaban J connectivity index is 2.01. The van der Waals surface area contributed by atoms with Gasteiger partial charge in [0, 0.05) is 11.8 Å². The maximum Gasteiger partial charge on any atom is 0.224 e. The minimum Gasteiger partial charge on any atom is -0.411 e. The summed E-state index contributed by atoms with van der Waals surface area (Å²) < 4.78 is 0. The molecule has 1 amide bonds. The Morgan fingerprint density at radius 2 is 1.95 bits per heavy atom. The Bertz CT molecular complexity index is 431. The summed E-state index contributed by atoms with van der Waals surface area (Å²) in [5.41, 5.74) is 0.0411. The smallest absolute Gasteiger partial charge is 0.224 e. The van der Waals surface area contributed by atoms with E-state index in [2.05, 4.69) is 10.5 Å². The van der Waals surface area contributed by atoms with Gasteiger partial charge in [-0.1, -0.05) is 19.0 Å². The number of rotatable bonds is 4. The highest BCUT2D eigenvalue weighted by atomic mass is 32.2. The van der Waals surface area contributed by atoms with Gasteiger partial charge in [0.1, 0.15) is 0 Å². The summed E-state index contributed by atoms with van der Waals surface area (Å²) in [5, 5.41) is 25.0. The molecular formula is C15H26N2O3S. The minimum atomic E-state index is -0.441. The Labute approximate surface area is 130 Å². The van der Waals surface area contributed by atoms with E-state index in [9.17, 15) is 9.90 Å². The monoisotopic (exact) mass is 314 g/mol. The lowest BCUT2D eigenvalue weighted by molar-refractivity contribution is -0.140. The van der Waals surface area contributed by atoms with Crippen LogP contribution in [-0.2, 0) is 4.79 Å². The Hall–Kier alpha value is -0.750. The van der Waals surface area contributed by atoms with Gasteiger partial charge in [-0.2, -0.15) is 11.8 Å². The Morgan fingerprint density at radius 1 is 1.33 bits per heavy atom. The SMILES string of the molecule is CC(=NO)C1CC(C(=O)NC2(CO)CCSCC2)C1(C)C. The van der Waals surface area contributed by atoms with Gasteiger partial charge in [-0.15, -0.1) is 0 Å². The third-order valence-electron chi connectivity index (χ3n) is 5.39. The molecule has 0 radical (unpaired) electrons. The summed E-state index contributed by atoms with van der Waals surface area (Å²) >= 11 is 1.87. The van der Waals surface area contributed by atoms with Crippen molar-refractivity contribution in [1.29, 1.82) is 0 Å². The van der Waals surface area contributed by atoms with Crippen molar-refractivity contribution in [2.24, 2.45) is 22.4 Å². The van der Waals surface area contributed by atoms with Crippen LogP contribution in [0.15, 0.2) is 5.16 Å². The highest BCUT2D eigenvalue weighted by Gasteiger charge is 2.53. The maximum absolute atomic E-state index is 12.6. The summed E-state index contributed by atoms with van der Waals surface area (Å²) in [6.45, 7) is 5.89. The molecule has 0 aromatic heterocycles. The molecule has 1 heterocycles. The number of carbonyl (C=O) groups excluding carboxylic acids is 1. The van der Waals surface area contributed by atoms with Gasteiger partial charge in [0.05, 0.1) is 17.9 Å². The van der Waals surface area contributed by atoms with Gasteiger partial charge in [-0.05, 0) is 43.1 Å². The molecule has 0 spiro atoms. The molecule has 1 saturated carbocycles. The predicted octanol–water partition coefficient (Wildman–Crippen LogP) is 1.87. The van der Waals surface area contributed by atoms with Crippen LogP contribution in [0.4, 0.5) is 0 Å². The van der Waals surface area contributed by atoms with Crippen molar-refractivity contribution in [1.82, 2.24) is 5.32 Å². The number of carbonyl (C=O) groups is 1. The Morgan fingerprint density at radius 3 is 2.43 bits per heavy atom. The van der Waals surface area contributed by atoms with Crippen molar-refractivity contribution in [3.8, 4) is 0 Å². The van der Waals surface area contributed by atoms with E-state index in [1.165, 1.54) is 0 Å². The van der Waals surface area contributed by atoms with Gasteiger partial charge in [-0.3, -0.25) is 4.79 Å². The van der Waals surface area contributed by atoms with Crippen LogP contribution >= 0.6 is 11.8 Å². The van der Waals surface area contributed by atoms with Gasteiger partial charge in [0.25, 0.3) is 0 Å². The van der Waals surface area contributed by atoms with Crippen LogP contribution in [0, 0.1) is 17.3 Å². The summed E-state index contributed by atoms with van der Waals surface area (Å²) in [6, 6.07) is 0. The van der Waals surface area contributed by atoms with Crippen molar-refractivity contribution in [3.63, 3.8) is 0 Å². The van der Waals surface area contributed by atoms with Crippen LogP contribution in [0.3, 0.4) is 0 Å². The van der Waals surface area contributed by atoms with Crippen LogP contribution in [0.5, 0.6) is 0 Å². The molecule has 0 bridgehead atoms. The molecule has 2 rings (SSSR count). The number of nitrogens with one attached hydrogen (secondary N) is 1. The molecule has 2 aliphatic rings. The van der Waals surface area contributed by atoms with E-state index in [1.54, 1.807) is 6.92 Å². The first kappa shape index (κ1) is 16.6. The first-order chi connectivity index (χ1) is 9.86. The second-order valence-corrected chi connectivity index (χ2v) is 8.17. The number of nitrogens with zero attached hydrogens (tertiary/aromatic N) is 1. The Kier molecular flexibility index (Phi) is 4.88. The fraction of sp³-hybridized carbons (Fsp3) is 0.867. The standard InChI is InChI=1S/C15H26N2O3S/c1-10(17-20)11-8-12(14(11,2)3)13(19)16-15(9-18)4-6-21-7-5-15/h11-12,18,20H,4-9H2,1-3H3,(H,16,19). The van der Waals surface area contributed by atoms with E-state index in [4.69, 9.17) is 5.21 Å². The molecule has 5 nitrogen and oxygen atoms in total. The van der Waals surface area contributed by atoms with Crippen LogP contribution < -0.4 is 5.32 Å². The number of hydrogen-bond donors (Lipinski definition) is 3. The van der Waals surface area contributed by atoms with E-state index in [0.29, 0.717) is 12.1 Å². The molecule has 1 saturated heterocycles. The molecule has 2 unspecified atom stereocenters. The maximum atomic E-state index is 12.6. The van der Waals surface area contributed by atoms with Gasteiger partial charge in [0.15, 0.2) is 0 Å². The average molecular weight is 314 g/mol. The normalized spacial score (nSPS) is 31.3. The van der Waals surface area contributed by atoms with E-state index in [-0.39, 0.29) is 29.8 Å². The number of thioether (sulfide) groups is 1.